The summed E-state index contributed by atoms with van der Waals surface area (Å²) < 4.78 is 6.37. The van der Waals surface area contributed by atoms with Gasteiger partial charge >= 0.3 is 5.76 Å². The lowest BCUT2D eigenvalue weighted by molar-refractivity contribution is 0.0965. The molecule has 0 radical (unpaired) electrons. The highest BCUT2D eigenvalue weighted by molar-refractivity contribution is 6.35. The van der Waals surface area contributed by atoms with Crippen LogP contribution in [0.1, 0.15) is 28.5 Å². The molecule has 1 fully saturated rings. The Hall–Kier alpha value is -2.48. The van der Waals surface area contributed by atoms with E-state index in [1.54, 1.807) is 13.1 Å². The molecule has 112 valence electrons. The molecule has 9 heteroatoms. The number of oxazole rings is 1. The Balaban J connectivity index is 1.71. The molecule has 4 rings (SSSR count). The van der Waals surface area contributed by atoms with Gasteiger partial charge in [0.2, 0.25) is 0 Å². The lowest BCUT2D eigenvalue weighted by Gasteiger charge is -2.02. The molecule has 1 aliphatic carbocycles. The van der Waals surface area contributed by atoms with Crippen molar-refractivity contribution in [2.75, 3.05) is 0 Å². The fourth-order valence-corrected chi connectivity index (χ4v) is 2.89. The van der Waals surface area contributed by atoms with Crippen LogP contribution in [0.4, 0.5) is 0 Å². The number of hydrogen-bond donors (Lipinski definition) is 1. The highest BCUT2D eigenvalue weighted by atomic mass is 35.5. The van der Waals surface area contributed by atoms with Crippen molar-refractivity contribution in [3.63, 3.8) is 0 Å². The summed E-state index contributed by atoms with van der Waals surface area (Å²) >= 11 is 6.11. The molecule has 1 aliphatic rings. The van der Waals surface area contributed by atoms with E-state index in [1.807, 2.05) is 0 Å². The standard InChI is InChI=1S/C13H10ClN5O3/c1-19-9-3-5(2-8(14)11(9)22-13(19)21)10(20)6-4-7(6)12-15-17-18-16-12/h2-3,6-7H,4H2,1H3,(H,15,16,17,18)/t6-,7-/m0/s1. The van der Waals surface area contributed by atoms with E-state index in [4.69, 9.17) is 16.0 Å². The average molecular weight is 320 g/mol. The van der Waals surface area contributed by atoms with Crippen molar-refractivity contribution in [1.29, 1.82) is 0 Å². The number of Topliss-reactive ketones (excluding diaryl/α,β-unsaturated/α-hetero) is 1. The van der Waals surface area contributed by atoms with Gasteiger partial charge in [-0.2, -0.15) is 5.21 Å². The molecule has 8 nitrogen and oxygen atoms in total. The van der Waals surface area contributed by atoms with Crippen LogP contribution in [-0.2, 0) is 7.05 Å². The van der Waals surface area contributed by atoms with Crippen LogP contribution >= 0.6 is 11.6 Å². The third-order valence-corrected chi connectivity index (χ3v) is 4.23. The number of halogens is 1. The van der Waals surface area contributed by atoms with Crippen LogP contribution in [0.2, 0.25) is 5.02 Å². The van der Waals surface area contributed by atoms with E-state index >= 15 is 0 Å². The van der Waals surface area contributed by atoms with E-state index in [0.717, 1.165) is 0 Å². The van der Waals surface area contributed by atoms with Crippen LogP contribution in [0, 0.1) is 5.92 Å². The first kappa shape index (κ1) is 13.2. The normalized spacial score (nSPS) is 20.5. The number of tetrazole rings is 1. The second kappa shape index (κ2) is 4.51. The number of carbonyl (C=O) groups excluding carboxylic acids is 1. The molecule has 0 unspecified atom stereocenters. The molecular formula is C13H10ClN5O3. The van der Waals surface area contributed by atoms with E-state index in [2.05, 4.69) is 20.6 Å². The van der Waals surface area contributed by atoms with E-state index in [9.17, 15) is 9.59 Å². The lowest BCUT2D eigenvalue weighted by atomic mass is 10.1. The Morgan fingerprint density at radius 2 is 2.32 bits per heavy atom. The SMILES string of the molecule is Cn1c(=O)oc2c(Cl)cc(C(=O)[C@H]3C[C@@H]3c3nn[nH]n3)cc21. The molecule has 2 atom stereocenters. The molecule has 0 saturated heterocycles. The molecule has 1 aromatic carbocycles. The molecule has 22 heavy (non-hydrogen) atoms. The van der Waals surface area contributed by atoms with Crippen molar-refractivity contribution in [3.05, 3.63) is 39.1 Å². The van der Waals surface area contributed by atoms with E-state index in [-0.39, 0.29) is 28.2 Å². The summed E-state index contributed by atoms with van der Waals surface area (Å²) in [5, 5.41) is 13.9. The summed E-state index contributed by atoms with van der Waals surface area (Å²) in [6.07, 6.45) is 0.679. The minimum atomic E-state index is -0.516. The number of aromatic amines is 1. The molecule has 3 aromatic rings. The number of rotatable bonds is 3. The first-order valence-electron chi connectivity index (χ1n) is 6.63. The highest BCUT2D eigenvalue weighted by Crippen LogP contribution is 2.47. The van der Waals surface area contributed by atoms with E-state index < -0.39 is 5.76 Å². The van der Waals surface area contributed by atoms with Gasteiger partial charge in [-0.15, -0.1) is 10.2 Å². The topological polar surface area (TPSA) is 107 Å². The molecule has 0 amide bonds. The second-order valence-corrected chi connectivity index (χ2v) is 5.72. The van der Waals surface area contributed by atoms with E-state index in [0.29, 0.717) is 23.3 Å². The summed E-state index contributed by atoms with van der Waals surface area (Å²) in [7, 11) is 1.57. The van der Waals surface area contributed by atoms with Crippen LogP contribution in [0.25, 0.3) is 11.1 Å². The van der Waals surface area contributed by atoms with Crippen LogP contribution in [0.5, 0.6) is 0 Å². The molecule has 0 aliphatic heterocycles. The maximum Gasteiger partial charge on any atom is 0.419 e. The van der Waals surface area contributed by atoms with E-state index in [1.165, 1.54) is 10.6 Å². The monoisotopic (exact) mass is 319 g/mol. The quantitative estimate of drug-likeness (QED) is 0.729. The van der Waals surface area contributed by atoms with Gasteiger partial charge in [-0.3, -0.25) is 9.36 Å². The predicted octanol–water partition coefficient (Wildman–Crippen LogP) is 1.28. The van der Waals surface area contributed by atoms with Gasteiger partial charge in [0.1, 0.15) is 0 Å². The number of nitrogens with one attached hydrogen (secondary N) is 1. The summed E-state index contributed by atoms with van der Waals surface area (Å²) in [6, 6.07) is 3.15. The highest BCUT2D eigenvalue weighted by Gasteiger charge is 2.47. The van der Waals surface area contributed by atoms with Gasteiger partial charge < -0.3 is 4.42 Å². The van der Waals surface area contributed by atoms with Gasteiger partial charge in [-0.25, -0.2) is 4.79 Å². The Morgan fingerprint density at radius 1 is 1.50 bits per heavy atom. The Bertz CT molecular complexity index is 943. The first-order chi connectivity index (χ1) is 10.6. The average Bonchev–Trinajstić information content (AvgIpc) is 3.00. The summed E-state index contributed by atoms with van der Waals surface area (Å²) in [5.41, 5.74) is 1.23. The number of benzene rings is 1. The number of nitrogens with zero attached hydrogens (tertiary/aromatic N) is 4. The fraction of sp³-hybridized carbons (Fsp3) is 0.308. The van der Waals surface area contributed by atoms with Crippen molar-refractivity contribution in [2.24, 2.45) is 13.0 Å². The molecule has 2 heterocycles. The predicted molar refractivity (Wildman–Crippen MR) is 75.8 cm³/mol. The zero-order valence-electron chi connectivity index (χ0n) is 11.4. The maximum atomic E-state index is 12.6. The van der Waals surface area contributed by atoms with Gasteiger partial charge in [0, 0.05) is 24.4 Å². The van der Waals surface area contributed by atoms with Crippen molar-refractivity contribution in [1.82, 2.24) is 25.2 Å². The number of aryl methyl sites for hydroxylation is 1. The minimum absolute atomic E-state index is 0.0195. The van der Waals surface area contributed by atoms with Crippen molar-refractivity contribution in [3.8, 4) is 0 Å². The molecule has 0 bridgehead atoms. The number of carbonyl (C=O) groups is 1. The van der Waals surface area contributed by atoms with Gasteiger partial charge in [0.15, 0.2) is 17.2 Å². The van der Waals surface area contributed by atoms with Crippen molar-refractivity contribution >= 4 is 28.5 Å². The summed E-state index contributed by atoms with van der Waals surface area (Å²) in [5.74, 6) is -0.227. The molecule has 0 spiro atoms. The van der Waals surface area contributed by atoms with Gasteiger partial charge in [-0.1, -0.05) is 16.8 Å². The van der Waals surface area contributed by atoms with Gasteiger partial charge in [0.25, 0.3) is 0 Å². The third kappa shape index (κ3) is 1.87. The number of ketones is 1. The zero-order chi connectivity index (χ0) is 15.4. The number of fused-ring (bicyclic) bond motifs is 1. The van der Waals surface area contributed by atoms with Gasteiger partial charge in [-0.05, 0) is 18.6 Å². The Kier molecular flexibility index (Phi) is 2.70. The summed E-state index contributed by atoms with van der Waals surface area (Å²) in [4.78, 5) is 24.1. The maximum absolute atomic E-state index is 12.6. The van der Waals surface area contributed by atoms with Crippen LogP contribution in [0.15, 0.2) is 21.3 Å². The second-order valence-electron chi connectivity index (χ2n) is 5.32. The van der Waals surface area contributed by atoms with Crippen molar-refractivity contribution < 1.29 is 9.21 Å². The lowest BCUT2D eigenvalue weighted by Crippen LogP contribution is -2.09. The Labute approximate surface area is 128 Å². The molecule has 2 aromatic heterocycles. The summed E-state index contributed by atoms with van der Waals surface area (Å²) in [6.45, 7) is 0. The minimum Gasteiger partial charge on any atom is -0.406 e. The zero-order valence-corrected chi connectivity index (χ0v) is 12.2. The number of H-pyrrole nitrogens is 1. The molecule has 1 saturated carbocycles. The largest absolute Gasteiger partial charge is 0.419 e. The van der Waals surface area contributed by atoms with Gasteiger partial charge in [0.05, 0.1) is 10.5 Å². The van der Waals surface area contributed by atoms with Crippen molar-refractivity contribution in [2.45, 2.75) is 12.3 Å². The molecular weight excluding hydrogens is 310 g/mol. The third-order valence-electron chi connectivity index (χ3n) is 3.95. The number of aromatic nitrogens is 5. The Morgan fingerprint density at radius 3 is 3.05 bits per heavy atom. The van der Waals surface area contributed by atoms with Crippen LogP contribution in [0.3, 0.4) is 0 Å². The van der Waals surface area contributed by atoms with Crippen LogP contribution < -0.4 is 5.76 Å². The molecule has 1 N–H and O–H groups in total. The smallest absolute Gasteiger partial charge is 0.406 e. The van der Waals surface area contributed by atoms with Crippen LogP contribution in [-0.4, -0.2) is 31.0 Å². The number of hydrogen-bond acceptors (Lipinski definition) is 6. The fourth-order valence-electron chi connectivity index (χ4n) is 2.64. The first-order valence-corrected chi connectivity index (χ1v) is 7.00.